The number of hydrogen-bond donors (Lipinski definition) is 0. The Morgan fingerprint density at radius 2 is 2.29 bits per heavy atom. The summed E-state index contributed by atoms with van der Waals surface area (Å²) in [7, 11) is 1.44. The molecule has 0 aliphatic carbocycles. The minimum absolute atomic E-state index is 0.138. The zero-order valence-corrected chi connectivity index (χ0v) is 9.38. The fourth-order valence-electron chi connectivity index (χ4n) is 1.22. The Bertz CT molecular complexity index is 440. The van der Waals surface area contributed by atoms with Crippen LogP contribution >= 0.6 is 0 Å². The molecule has 0 bridgehead atoms. The number of nitro groups is 1. The lowest BCUT2D eigenvalue weighted by Gasteiger charge is -2.06. The first kappa shape index (κ1) is 12.8. The molecule has 6 heteroatoms. The van der Waals surface area contributed by atoms with Gasteiger partial charge in [-0.25, -0.2) is 0 Å². The molecule has 0 amide bonds. The van der Waals surface area contributed by atoms with Crippen LogP contribution in [-0.4, -0.2) is 18.6 Å². The predicted molar refractivity (Wildman–Crippen MR) is 60.0 cm³/mol. The molecule has 0 fully saturated rings. The summed E-state index contributed by atoms with van der Waals surface area (Å²) < 4.78 is 10.2. The Morgan fingerprint density at radius 1 is 1.53 bits per heavy atom. The molecule has 1 aromatic rings. The molecular formula is C11H12N2O4. The lowest BCUT2D eigenvalue weighted by Crippen LogP contribution is -2.00. The Kier molecular flexibility index (Phi) is 4.76. The summed E-state index contributed by atoms with van der Waals surface area (Å²) in [5.41, 5.74) is -0.138. The number of benzene rings is 1. The number of rotatable bonds is 6. The summed E-state index contributed by atoms with van der Waals surface area (Å²) in [6.45, 7) is 0.279. The fraction of sp³-hybridized carbons (Fsp3) is 0.364. The molecule has 0 spiro atoms. The van der Waals surface area contributed by atoms with Crippen LogP contribution in [-0.2, 0) is 0 Å². The summed E-state index contributed by atoms with van der Waals surface area (Å²) >= 11 is 0. The quantitative estimate of drug-likeness (QED) is 0.429. The van der Waals surface area contributed by atoms with E-state index in [9.17, 15) is 10.1 Å². The van der Waals surface area contributed by atoms with Gasteiger partial charge < -0.3 is 9.47 Å². The second-order valence-corrected chi connectivity index (χ2v) is 3.20. The van der Waals surface area contributed by atoms with Gasteiger partial charge in [-0.1, -0.05) is 0 Å². The molecule has 6 nitrogen and oxygen atoms in total. The largest absolute Gasteiger partial charge is 0.496 e. The molecule has 90 valence electrons. The van der Waals surface area contributed by atoms with Crippen LogP contribution in [0.2, 0.25) is 0 Å². The van der Waals surface area contributed by atoms with Crippen molar-refractivity contribution in [2.75, 3.05) is 13.7 Å². The zero-order chi connectivity index (χ0) is 12.7. The van der Waals surface area contributed by atoms with Crippen LogP contribution in [0.15, 0.2) is 18.2 Å². The van der Waals surface area contributed by atoms with Gasteiger partial charge in [0, 0.05) is 6.42 Å². The zero-order valence-electron chi connectivity index (χ0n) is 9.38. The molecule has 0 radical (unpaired) electrons. The Labute approximate surface area is 98.5 Å². The van der Waals surface area contributed by atoms with Gasteiger partial charge in [0.15, 0.2) is 5.75 Å². The average molecular weight is 236 g/mol. The van der Waals surface area contributed by atoms with Gasteiger partial charge in [0.2, 0.25) is 0 Å². The van der Waals surface area contributed by atoms with E-state index in [1.54, 1.807) is 6.07 Å². The van der Waals surface area contributed by atoms with E-state index in [2.05, 4.69) is 0 Å². The SMILES string of the molecule is COc1ccc(OCCCC#N)c([N+](=O)[O-])c1. The molecule has 0 aromatic heterocycles. The molecule has 17 heavy (non-hydrogen) atoms. The number of nitro benzene ring substituents is 1. The van der Waals surface area contributed by atoms with Crippen molar-refractivity contribution in [1.82, 2.24) is 0 Å². The highest BCUT2D eigenvalue weighted by molar-refractivity contribution is 5.50. The van der Waals surface area contributed by atoms with Crippen molar-refractivity contribution in [2.45, 2.75) is 12.8 Å². The molecule has 0 heterocycles. The first-order valence-electron chi connectivity index (χ1n) is 5.01. The predicted octanol–water partition coefficient (Wildman–Crippen LogP) is 2.29. The van der Waals surface area contributed by atoms with Gasteiger partial charge in [-0.3, -0.25) is 10.1 Å². The minimum atomic E-state index is -0.526. The van der Waals surface area contributed by atoms with Gasteiger partial charge in [-0.15, -0.1) is 0 Å². The number of hydrogen-bond acceptors (Lipinski definition) is 5. The molecule has 1 aromatic carbocycles. The van der Waals surface area contributed by atoms with Gasteiger partial charge in [0.05, 0.1) is 30.8 Å². The third-order valence-electron chi connectivity index (χ3n) is 2.05. The molecule has 0 aliphatic rings. The van der Waals surface area contributed by atoms with Crippen molar-refractivity contribution in [3.63, 3.8) is 0 Å². The smallest absolute Gasteiger partial charge is 0.314 e. The number of nitrogens with zero attached hydrogens (tertiary/aromatic N) is 2. The van der Waals surface area contributed by atoms with E-state index >= 15 is 0 Å². The van der Waals surface area contributed by atoms with Crippen molar-refractivity contribution in [1.29, 1.82) is 5.26 Å². The molecule has 0 saturated heterocycles. The summed E-state index contributed by atoms with van der Waals surface area (Å²) in [4.78, 5) is 10.3. The molecule has 1 rings (SSSR count). The molecular weight excluding hydrogens is 224 g/mol. The molecule has 0 unspecified atom stereocenters. The number of methoxy groups -OCH3 is 1. The highest BCUT2D eigenvalue weighted by Gasteiger charge is 2.16. The van der Waals surface area contributed by atoms with E-state index in [4.69, 9.17) is 14.7 Å². The third-order valence-corrected chi connectivity index (χ3v) is 2.05. The Balaban J connectivity index is 2.77. The monoisotopic (exact) mass is 236 g/mol. The Hall–Kier alpha value is -2.29. The molecule has 0 aliphatic heterocycles. The van der Waals surface area contributed by atoms with Gasteiger partial charge >= 0.3 is 5.69 Å². The van der Waals surface area contributed by atoms with E-state index in [0.29, 0.717) is 18.6 Å². The van der Waals surface area contributed by atoms with Crippen LogP contribution in [0.3, 0.4) is 0 Å². The van der Waals surface area contributed by atoms with Crippen molar-refractivity contribution in [3.8, 4) is 17.6 Å². The Morgan fingerprint density at radius 3 is 2.88 bits per heavy atom. The van der Waals surface area contributed by atoms with E-state index in [-0.39, 0.29) is 18.0 Å². The second-order valence-electron chi connectivity index (χ2n) is 3.20. The maximum Gasteiger partial charge on any atom is 0.314 e. The fourth-order valence-corrected chi connectivity index (χ4v) is 1.22. The minimum Gasteiger partial charge on any atom is -0.496 e. The molecule has 0 N–H and O–H groups in total. The maximum absolute atomic E-state index is 10.8. The first-order chi connectivity index (χ1) is 8.19. The van der Waals surface area contributed by atoms with Gasteiger partial charge in [-0.2, -0.15) is 5.26 Å². The third kappa shape index (κ3) is 3.65. The standard InChI is InChI=1S/C11H12N2O4/c1-16-9-4-5-11(10(8-9)13(14)15)17-7-3-2-6-12/h4-5,8H,2-3,7H2,1H3. The van der Waals surface area contributed by atoms with Crippen molar-refractivity contribution in [2.24, 2.45) is 0 Å². The highest BCUT2D eigenvalue weighted by atomic mass is 16.6. The lowest BCUT2D eigenvalue weighted by atomic mass is 10.2. The van der Waals surface area contributed by atoms with Crippen LogP contribution in [0.4, 0.5) is 5.69 Å². The summed E-state index contributed by atoms with van der Waals surface area (Å²) in [5, 5.41) is 19.1. The van der Waals surface area contributed by atoms with Crippen LogP contribution in [0.5, 0.6) is 11.5 Å². The maximum atomic E-state index is 10.8. The van der Waals surface area contributed by atoms with E-state index in [1.165, 1.54) is 19.2 Å². The van der Waals surface area contributed by atoms with Gasteiger partial charge in [0.1, 0.15) is 5.75 Å². The van der Waals surface area contributed by atoms with E-state index < -0.39 is 4.92 Å². The average Bonchev–Trinajstić information content (AvgIpc) is 2.34. The van der Waals surface area contributed by atoms with Crippen LogP contribution in [0.1, 0.15) is 12.8 Å². The number of nitriles is 1. The second kappa shape index (κ2) is 6.33. The summed E-state index contributed by atoms with van der Waals surface area (Å²) in [6.07, 6.45) is 0.906. The number of unbranched alkanes of at least 4 members (excludes halogenated alkanes) is 1. The van der Waals surface area contributed by atoms with E-state index in [1.807, 2.05) is 6.07 Å². The first-order valence-corrected chi connectivity index (χ1v) is 5.01. The van der Waals surface area contributed by atoms with Crippen molar-refractivity contribution < 1.29 is 14.4 Å². The van der Waals surface area contributed by atoms with Gasteiger partial charge in [0.25, 0.3) is 0 Å². The van der Waals surface area contributed by atoms with Crippen LogP contribution in [0.25, 0.3) is 0 Å². The normalized spacial score (nSPS) is 9.41. The lowest BCUT2D eigenvalue weighted by molar-refractivity contribution is -0.385. The van der Waals surface area contributed by atoms with Gasteiger partial charge in [-0.05, 0) is 18.6 Å². The summed E-state index contributed by atoms with van der Waals surface area (Å²) in [5.74, 6) is 0.592. The van der Waals surface area contributed by atoms with Crippen LogP contribution in [0, 0.1) is 21.4 Å². The van der Waals surface area contributed by atoms with Crippen molar-refractivity contribution in [3.05, 3.63) is 28.3 Å². The number of ether oxygens (including phenoxy) is 2. The van der Waals surface area contributed by atoms with Crippen LogP contribution < -0.4 is 9.47 Å². The molecule has 0 saturated carbocycles. The topological polar surface area (TPSA) is 85.4 Å². The van der Waals surface area contributed by atoms with E-state index in [0.717, 1.165) is 0 Å². The van der Waals surface area contributed by atoms with Crippen molar-refractivity contribution >= 4 is 5.69 Å². The molecule has 0 atom stereocenters. The summed E-state index contributed by atoms with van der Waals surface area (Å²) in [6, 6.07) is 6.36. The highest BCUT2D eigenvalue weighted by Crippen LogP contribution is 2.31.